The molecule has 8 nitrogen and oxygen atoms in total. The molecule has 2 aromatic heterocycles. The van der Waals surface area contributed by atoms with E-state index >= 15 is 0 Å². The van der Waals surface area contributed by atoms with Crippen molar-refractivity contribution in [1.82, 2.24) is 14.8 Å². The first-order valence-corrected chi connectivity index (χ1v) is 7.22. The number of nitrogens with one attached hydrogen (secondary N) is 1. The largest absolute Gasteiger partial charge is 0.375 e. The summed E-state index contributed by atoms with van der Waals surface area (Å²) in [4.78, 5) is 16.7. The van der Waals surface area contributed by atoms with Gasteiger partial charge in [0, 0.05) is 38.6 Å². The Labute approximate surface area is 127 Å². The molecule has 0 aromatic carbocycles. The van der Waals surface area contributed by atoms with Crippen LogP contribution in [0, 0.1) is 10.1 Å². The molecule has 2 aromatic rings. The number of hydrogen-bond donors (Lipinski definition) is 1. The van der Waals surface area contributed by atoms with Crippen LogP contribution in [0.25, 0.3) is 0 Å². The van der Waals surface area contributed by atoms with Gasteiger partial charge in [0.15, 0.2) is 0 Å². The molecule has 3 heterocycles. The van der Waals surface area contributed by atoms with E-state index in [9.17, 15) is 10.1 Å². The highest BCUT2D eigenvalue weighted by Crippen LogP contribution is 2.26. The third-order valence-electron chi connectivity index (χ3n) is 3.83. The number of pyridine rings is 1. The summed E-state index contributed by atoms with van der Waals surface area (Å²) in [6, 6.07) is 1.82. The van der Waals surface area contributed by atoms with Gasteiger partial charge in [0.05, 0.1) is 16.8 Å². The molecular formula is C14H18N6O2. The van der Waals surface area contributed by atoms with Crippen molar-refractivity contribution in [2.45, 2.75) is 18.9 Å². The lowest BCUT2D eigenvalue weighted by atomic mass is 10.0. The predicted octanol–water partition coefficient (Wildman–Crippen LogP) is 1.80. The third-order valence-corrected chi connectivity index (χ3v) is 3.83. The molecule has 0 spiro atoms. The quantitative estimate of drug-likeness (QED) is 0.684. The number of piperidine rings is 1. The summed E-state index contributed by atoms with van der Waals surface area (Å²) < 4.78 is 1.78. The molecule has 1 N–H and O–H groups in total. The number of aromatic nitrogens is 3. The Kier molecular flexibility index (Phi) is 3.90. The lowest BCUT2D eigenvalue weighted by Gasteiger charge is -2.34. The van der Waals surface area contributed by atoms with Crippen LogP contribution in [-0.2, 0) is 7.05 Å². The van der Waals surface area contributed by atoms with E-state index in [2.05, 4.69) is 20.3 Å². The Bertz CT molecular complexity index is 671. The van der Waals surface area contributed by atoms with Crippen molar-refractivity contribution in [3.63, 3.8) is 0 Å². The van der Waals surface area contributed by atoms with Crippen LogP contribution in [0.2, 0.25) is 0 Å². The molecule has 0 aliphatic carbocycles. The van der Waals surface area contributed by atoms with Crippen LogP contribution in [0.3, 0.4) is 0 Å². The lowest BCUT2D eigenvalue weighted by molar-refractivity contribution is -0.384. The summed E-state index contributed by atoms with van der Waals surface area (Å²) in [5.41, 5.74) is 1.62. The van der Waals surface area contributed by atoms with Gasteiger partial charge < -0.3 is 10.2 Å². The number of rotatable bonds is 4. The molecule has 0 radical (unpaired) electrons. The molecule has 3 rings (SSSR count). The van der Waals surface area contributed by atoms with Gasteiger partial charge in [-0.15, -0.1) is 0 Å². The first-order valence-electron chi connectivity index (χ1n) is 7.22. The minimum atomic E-state index is -0.406. The van der Waals surface area contributed by atoms with E-state index in [0.29, 0.717) is 5.69 Å². The average molecular weight is 302 g/mol. The molecule has 1 aliphatic rings. The van der Waals surface area contributed by atoms with E-state index in [-0.39, 0.29) is 11.7 Å². The topological polar surface area (TPSA) is 89.1 Å². The van der Waals surface area contributed by atoms with Gasteiger partial charge in [-0.2, -0.15) is 5.10 Å². The van der Waals surface area contributed by atoms with Crippen molar-refractivity contribution < 1.29 is 4.92 Å². The van der Waals surface area contributed by atoms with Gasteiger partial charge in [0.2, 0.25) is 0 Å². The third kappa shape index (κ3) is 3.00. The molecule has 116 valence electrons. The van der Waals surface area contributed by atoms with Crippen LogP contribution >= 0.6 is 0 Å². The first-order chi connectivity index (χ1) is 10.6. The monoisotopic (exact) mass is 302 g/mol. The first kappa shape index (κ1) is 14.3. The highest BCUT2D eigenvalue weighted by molar-refractivity contribution is 5.60. The molecule has 0 saturated carbocycles. The van der Waals surface area contributed by atoms with Gasteiger partial charge in [0.1, 0.15) is 11.9 Å². The number of nitrogens with zero attached hydrogens (tertiary/aromatic N) is 5. The fourth-order valence-corrected chi connectivity index (χ4v) is 2.77. The second kappa shape index (κ2) is 6.00. The molecule has 0 amide bonds. The van der Waals surface area contributed by atoms with Crippen LogP contribution in [0.5, 0.6) is 0 Å². The van der Waals surface area contributed by atoms with Gasteiger partial charge >= 0.3 is 5.69 Å². The molecule has 8 heteroatoms. The van der Waals surface area contributed by atoms with Crippen molar-refractivity contribution in [2.24, 2.45) is 7.05 Å². The van der Waals surface area contributed by atoms with Crippen LogP contribution < -0.4 is 10.2 Å². The highest BCUT2D eigenvalue weighted by Gasteiger charge is 2.23. The summed E-state index contributed by atoms with van der Waals surface area (Å²) in [7, 11) is 1.89. The second-order valence-electron chi connectivity index (χ2n) is 5.45. The number of anilines is 2. The van der Waals surface area contributed by atoms with E-state index in [1.807, 2.05) is 19.4 Å². The van der Waals surface area contributed by atoms with Crippen LogP contribution in [-0.4, -0.2) is 38.8 Å². The minimum absolute atomic E-state index is 0.0148. The minimum Gasteiger partial charge on any atom is -0.375 e. The highest BCUT2D eigenvalue weighted by atomic mass is 16.6. The normalized spacial score (nSPS) is 18.2. The predicted molar refractivity (Wildman–Crippen MR) is 83.0 cm³/mol. The number of hydrogen-bond acceptors (Lipinski definition) is 6. The van der Waals surface area contributed by atoms with Crippen molar-refractivity contribution in [3.05, 3.63) is 41.0 Å². The Balaban J connectivity index is 1.72. The molecular weight excluding hydrogens is 284 g/mol. The SMILES string of the molecule is Cn1cc(N2CCC[C@H](Nc3ccncc3[N+](=O)[O-])C2)cn1. The van der Waals surface area contributed by atoms with Crippen molar-refractivity contribution in [1.29, 1.82) is 0 Å². The van der Waals surface area contributed by atoms with Crippen LogP contribution in [0.4, 0.5) is 17.1 Å². The molecule has 1 saturated heterocycles. The maximum atomic E-state index is 11.1. The Hall–Kier alpha value is -2.64. The summed E-state index contributed by atoms with van der Waals surface area (Å²) in [6.07, 6.45) is 8.69. The molecule has 1 fully saturated rings. The second-order valence-corrected chi connectivity index (χ2v) is 5.45. The van der Waals surface area contributed by atoms with Gasteiger partial charge in [-0.1, -0.05) is 0 Å². The fraction of sp³-hybridized carbons (Fsp3) is 0.429. The molecule has 0 unspecified atom stereocenters. The average Bonchev–Trinajstić information content (AvgIpc) is 2.94. The smallest absolute Gasteiger partial charge is 0.310 e. The maximum absolute atomic E-state index is 11.1. The fourth-order valence-electron chi connectivity index (χ4n) is 2.77. The van der Waals surface area contributed by atoms with E-state index in [1.54, 1.807) is 16.9 Å². The molecule has 0 bridgehead atoms. The zero-order chi connectivity index (χ0) is 15.5. The van der Waals surface area contributed by atoms with Crippen molar-refractivity contribution in [3.8, 4) is 0 Å². The summed E-state index contributed by atoms with van der Waals surface area (Å²) in [5.74, 6) is 0. The van der Waals surface area contributed by atoms with Crippen LogP contribution in [0.15, 0.2) is 30.9 Å². The van der Waals surface area contributed by atoms with Crippen molar-refractivity contribution >= 4 is 17.1 Å². The van der Waals surface area contributed by atoms with E-state index in [4.69, 9.17) is 0 Å². The zero-order valence-electron chi connectivity index (χ0n) is 12.3. The van der Waals surface area contributed by atoms with Gasteiger partial charge in [0.25, 0.3) is 0 Å². The molecule has 22 heavy (non-hydrogen) atoms. The zero-order valence-corrected chi connectivity index (χ0v) is 12.3. The Morgan fingerprint density at radius 1 is 1.45 bits per heavy atom. The van der Waals surface area contributed by atoms with E-state index < -0.39 is 4.92 Å². The number of nitro groups is 1. The van der Waals surface area contributed by atoms with Crippen molar-refractivity contribution in [2.75, 3.05) is 23.3 Å². The summed E-state index contributed by atoms with van der Waals surface area (Å²) >= 11 is 0. The van der Waals surface area contributed by atoms with Gasteiger partial charge in [-0.25, -0.2) is 0 Å². The molecule has 1 atom stereocenters. The maximum Gasteiger partial charge on any atom is 0.310 e. The van der Waals surface area contributed by atoms with Crippen LogP contribution in [0.1, 0.15) is 12.8 Å². The summed E-state index contributed by atoms with van der Waals surface area (Å²) in [6.45, 7) is 1.77. The number of aryl methyl sites for hydroxylation is 1. The van der Waals surface area contributed by atoms with E-state index in [1.165, 1.54) is 6.20 Å². The lowest BCUT2D eigenvalue weighted by Crippen LogP contribution is -2.42. The Morgan fingerprint density at radius 2 is 2.32 bits per heavy atom. The standard InChI is InChI=1S/C14H18N6O2/c1-18-10-12(7-16-18)19-6-2-3-11(9-19)17-13-4-5-15-8-14(13)20(21)22/h4-5,7-8,10-11H,2-3,6,9H2,1H3,(H,15,17)/t11-/m0/s1. The molecule has 1 aliphatic heterocycles. The van der Waals surface area contributed by atoms with E-state index in [0.717, 1.165) is 31.6 Å². The Morgan fingerprint density at radius 3 is 3.05 bits per heavy atom. The van der Waals surface area contributed by atoms with Gasteiger partial charge in [-0.05, 0) is 18.9 Å². The summed E-state index contributed by atoms with van der Waals surface area (Å²) in [5, 5.41) is 18.5. The van der Waals surface area contributed by atoms with Gasteiger partial charge in [-0.3, -0.25) is 19.8 Å².